The Morgan fingerprint density at radius 3 is 1.92 bits per heavy atom. The average molecular weight is 873 g/mol. The Hall–Kier alpha value is -7.25. The maximum Gasteiger partial charge on any atom is 0.137 e. The fraction of sp³-hybridized carbons (Fsp3) is 0.203. The van der Waals surface area contributed by atoms with Gasteiger partial charge in [-0.05, 0) is 155 Å². The highest BCUT2D eigenvalue weighted by Crippen LogP contribution is 2.51. The van der Waals surface area contributed by atoms with Crippen molar-refractivity contribution in [3.05, 3.63) is 191 Å². The van der Waals surface area contributed by atoms with Crippen molar-refractivity contribution in [1.29, 1.82) is 0 Å². The van der Waals surface area contributed by atoms with Crippen molar-refractivity contribution in [2.75, 3.05) is 16.5 Å². The molecule has 10 rings (SSSR count). The van der Waals surface area contributed by atoms with Crippen LogP contribution in [-0.2, 0) is 6.42 Å². The van der Waals surface area contributed by atoms with Crippen molar-refractivity contribution in [3.8, 4) is 39.6 Å². The van der Waals surface area contributed by atoms with E-state index in [-0.39, 0.29) is 17.4 Å². The predicted molar refractivity (Wildman–Crippen MR) is 270 cm³/mol. The number of nitrogens with zero attached hydrogens (tertiary/aromatic N) is 4. The van der Waals surface area contributed by atoms with E-state index >= 15 is 8.78 Å². The van der Waals surface area contributed by atoms with E-state index in [4.69, 9.17) is 9.72 Å². The van der Waals surface area contributed by atoms with E-state index in [2.05, 4.69) is 178 Å². The van der Waals surface area contributed by atoms with Gasteiger partial charge in [0.15, 0.2) is 0 Å². The third kappa shape index (κ3) is 7.56. The Kier molecular flexibility index (Phi) is 11.2. The van der Waals surface area contributed by atoms with Crippen LogP contribution in [0.25, 0.3) is 49.9 Å². The number of hydrogen-bond acceptors (Lipinski definition) is 4. The first-order chi connectivity index (χ1) is 32.0. The Balaban J connectivity index is 1.11. The fourth-order valence-corrected chi connectivity index (χ4v) is 10.1. The normalized spacial score (nSPS) is 12.6. The number of anilines is 4. The third-order valence-electron chi connectivity index (χ3n) is 13.1. The molecule has 5 nitrogen and oxygen atoms in total. The summed E-state index contributed by atoms with van der Waals surface area (Å²) in [6.07, 6.45) is 3.96. The Labute approximate surface area is 386 Å². The minimum absolute atomic E-state index is 0.00519. The van der Waals surface area contributed by atoms with Crippen LogP contribution in [0.3, 0.4) is 0 Å². The van der Waals surface area contributed by atoms with Crippen molar-refractivity contribution in [2.45, 2.75) is 73.1 Å². The molecule has 0 saturated heterocycles. The quantitative estimate of drug-likeness (QED) is 0.130. The predicted octanol–water partition coefficient (Wildman–Crippen LogP) is 16.6. The topological polar surface area (TPSA) is 33.5 Å². The zero-order valence-electron chi connectivity index (χ0n) is 38.7. The third-order valence-corrected chi connectivity index (χ3v) is 13.1. The van der Waals surface area contributed by atoms with E-state index in [1.54, 1.807) is 0 Å². The second-order valence-electron chi connectivity index (χ2n) is 18.3. The Bertz CT molecular complexity index is 3240. The summed E-state index contributed by atoms with van der Waals surface area (Å²) in [5.41, 5.74) is 14.7. The molecule has 0 unspecified atom stereocenters. The Morgan fingerprint density at radius 2 is 1.23 bits per heavy atom. The molecule has 9 aromatic rings. The van der Waals surface area contributed by atoms with E-state index in [9.17, 15) is 0 Å². The van der Waals surface area contributed by atoms with E-state index < -0.39 is 11.6 Å². The standard InChI is InChI=1S/C59H54F2N4O/c1-8-15-40-26-27-62-56(28-40)65-52-21-10-9-18-46(52)47-25-24-44(34-55(47)65)66-45-30-41(57-38(6)16-13-17-39(57)7)29-43(33-45)63-35-64(54-23-12-11-22-53(54)63)59-48(36(2)3)31-42(32-49(59)37(4)5)58-50(60)19-14-20-51(58)61/h9-14,16-34,36-37H,8,15,35H2,1-7H3. The second kappa shape index (κ2) is 17.3. The molecule has 0 aliphatic carbocycles. The number of rotatable bonds is 11. The van der Waals surface area contributed by atoms with E-state index in [0.717, 1.165) is 85.7 Å². The summed E-state index contributed by atoms with van der Waals surface area (Å²) in [6, 6.07) is 48.7. The van der Waals surface area contributed by atoms with E-state index in [1.165, 1.54) is 40.5 Å². The summed E-state index contributed by atoms with van der Waals surface area (Å²) < 4.78 is 40.0. The zero-order valence-corrected chi connectivity index (χ0v) is 38.7. The highest BCUT2D eigenvalue weighted by Gasteiger charge is 2.33. The van der Waals surface area contributed by atoms with Gasteiger partial charge in [-0.15, -0.1) is 0 Å². The molecule has 0 N–H and O–H groups in total. The van der Waals surface area contributed by atoms with Crippen LogP contribution < -0.4 is 14.5 Å². The van der Waals surface area contributed by atoms with Gasteiger partial charge in [0.05, 0.1) is 28.0 Å². The van der Waals surface area contributed by atoms with Gasteiger partial charge in [-0.25, -0.2) is 13.8 Å². The molecule has 7 aromatic carbocycles. The minimum Gasteiger partial charge on any atom is -0.457 e. The largest absolute Gasteiger partial charge is 0.457 e. The summed E-state index contributed by atoms with van der Waals surface area (Å²) in [6.45, 7) is 15.6. The summed E-state index contributed by atoms with van der Waals surface area (Å²) >= 11 is 0. The van der Waals surface area contributed by atoms with Gasteiger partial charge in [0.2, 0.25) is 0 Å². The summed E-state index contributed by atoms with van der Waals surface area (Å²) in [5, 5.41) is 2.29. The number of aryl methyl sites for hydroxylation is 3. The lowest BCUT2D eigenvalue weighted by molar-refractivity contribution is 0.483. The molecular weight excluding hydrogens is 819 g/mol. The van der Waals surface area contributed by atoms with Crippen LogP contribution in [-0.4, -0.2) is 16.2 Å². The average Bonchev–Trinajstić information content (AvgIpc) is 3.85. The number of pyridine rings is 1. The van der Waals surface area contributed by atoms with Gasteiger partial charge in [-0.3, -0.25) is 4.57 Å². The summed E-state index contributed by atoms with van der Waals surface area (Å²) in [4.78, 5) is 9.61. The van der Waals surface area contributed by atoms with E-state index in [0.29, 0.717) is 18.0 Å². The fourth-order valence-electron chi connectivity index (χ4n) is 10.1. The van der Waals surface area contributed by atoms with Gasteiger partial charge < -0.3 is 14.5 Å². The molecule has 0 saturated carbocycles. The number of ether oxygens (including phenoxy) is 1. The van der Waals surface area contributed by atoms with Crippen molar-refractivity contribution in [2.24, 2.45) is 0 Å². The van der Waals surface area contributed by atoms with Gasteiger partial charge in [-0.2, -0.15) is 0 Å². The highest BCUT2D eigenvalue weighted by molar-refractivity contribution is 6.09. The smallest absolute Gasteiger partial charge is 0.137 e. The SMILES string of the molecule is CCCc1ccnc(-n2c3ccccc3c3ccc(Oc4cc(-c5c(C)cccc5C)cc(N5CN(c6c(C(C)C)cc(-c7c(F)cccc7F)cc6C(C)C)c6ccccc65)c4)cc32)c1. The molecule has 7 heteroatoms. The van der Waals surface area contributed by atoms with Crippen molar-refractivity contribution in [1.82, 2.24) is 9.55 Å². The molecule has 0 amide bonds. The molecule has 1 aliphatic heterocycles. The Morgan fingerprint density at radius 1 is 0.591 bits per heavy atom. The van der Waals surface area contributed by atoms with Gasteiger partial charge in [0.1, 0.15) is 35.6 Å². The highest BCUT2D eigenvalue weighted by atomic mass is 19.1. The first kappa shape index (κ1) is 42.7. The van der Waals surface area contributed by atoms with Gasteiger partial charge in [0.25, 0.3) is 0 Å². The van der Waals surface area contributed by atoms with Crippen LogP contribution in [0.4, 0.5) is 31.5 Å². The molecule has 0 atom stereocenters. The number of hydrogen-bond donors (Lipinski definition) is 0. The molecule has 3 heterocycles. The maximum absolute atomic E-state index is 15.4. The summed E-state index contributed by atoms with van der Waals surface area (Å²) in [5.74, 6) is 1.32. The monoisotopic (exact) mass is 872 g/mol. The molecule has 0 fully saturated rings. The van der Waals surface area contributed by atoms with Crippen LogP contribution in [0.15, 0.2) is 152 Å². The first-order valence-corrected chi connectivity index (χ1v) is 23.1. The van der Waals surface area contributed by atoms with Crippen molar-refractivity contribution < 1.29 is 13.5 Å². The number of benzene rings is 7. The van der Waals surface area contributed by atoms with Gasteiger partial charge in [-0.1, -0.05) is 95.6 Å². The molecule has 0 spiro atoms. The van der Waals surface area contributed by atoms with Crippen molar-refractivity contribution in [3.63, 3.8) is 0 Å². The van der Waals surface area contributed by atoms with Gasteiger partial charge >= 0.3 is 0 Å². The van der Waals surface area contributed by atoms with Crippen LogP contribution in [0, 0.1) is 25.5 Å². The van der Waals surface area contributed by atoms with Crippen LogP contribution in [0.2, 0.25) is 0 Å². The molecule has 330 valence electrons. The lowest BCUT2D eigenvalue weighted by Crippen LogP contribution is -2.26. The molecule has 0 radical (unpaired) electrons. The van der Waals surface area contributed by atoms with Crippen molar-refractivity contribution >= 4 is 44.6 Å². The summed E-state index contributed by atoms with van der Waals surface area (Å²) in [7, 11) is 0. The molecular formula is C59H54F2N4O. The lowest BCUT2D eigenvalue weighted by atomic mass is 9.87. The molecule has 1 aliphatic rings. The lowest BCUT2D eigenvalue weighted by Gasteiger charge is -2.30. The van der Waals surface area contributed by atoms with Gasteiger partial charge in [0, 0.05) is 40.5 Å². The number of para-hydroxylation sites is 3. The molecule has 2 aromatic heterocycles. The second-order valence-corrected chi connectivity index (χ2v) is 18.3. The molecule has 0 bridgehead atoms. The van der Waals surface area contributed by atoms with Crippen LogP contribution >= 0.6 is 0 Å². The molecule has 66 heavy (non-hydrogen) atoms. The number of halogens is 2. The number of aromatic nitrogens is 2. The number of fused-ring (bicyclic) bond motifs is 4. The minimum atomic E-state index is -0.567. The maximum atomic E-state index is 15.4. The zero-order chi connectivity index (χ0) is 45.8. The van der Waals surface area contributed by atoms with Crippen LogP contribution in [0.1, 0.15) is 80.7 Å². The van der Waals surface area contributed by atoms with E-state index in [1.807, 2.05) is 18.3 Å². The first-order valence-electron chi connectivity index (χ1n) is 23.1. The van der Waals surface area contributed by atoms with Crippen LogP contribution in [0.5, 0.6) is 11.5 Å².